The van der Waals surface area contributed by atoms with E-state index in [1.54, 1.807) is 24.4 Å². The Kier molecular flexibility index (Phi) is 6.58. The molecule has 36 heavy (non-hydrogen) atoms. The number of nitrogens with one attached hydrogen (secondary N) is 2. The molecule has 0 bridgehead atoms. The van der Waals surface area contributed by atoms with Gasteiger partial charge < -0.3 is 24.9 Å². The molecule has 182 valence electrons. The smallest absolute Gasteiger partial charge is 0.228 e. The number of carbonyl (C=O) groups is 1. The lowest BCUT2D eigenvalue weighted by molar-refractivity contribution is -0.0223. The van der Waals surface area contributed by atoms with Crippen LogP contribution in [0.25, 0.3) is 15.9 Å². The van der Waals surface area contributed by atoms with E-state index < -0.39 is 5.82 Å². The van der Waals surface area contributed by atoms with Crippen molar-refractivity contribution in [1.29, 1.82) is 0 Å². The van der Waals surface area contributed by atoms with Crippen LogP contribution in [-0.2, 0) is 4.74 Å². The van der Waals surface area contributed by atoms with E-state index in [-0.39, 0.29) is 47.4 Å². The monoisotopic (exact) mass is 487 g/mol. The number of ketones is 1. The molecule has 0 amide bonds. The van der Waals surface area contributed by atoms with Crippen LogP contribution in [0, 0.1) is 12.4 Å². The van der Waals surface area contributed by atoms with Crippen molar-refractivity contribution in [2.75, 3.05) is 18.5 Å². The van der Waals surface area contributed by atoms with E-state index in [0.717, 1.165) is 6.42 Å². The number of aliphatic hydroxyl groups is 1. The Bertz CT molecular complexity index is 1440. The molecule has 2 atom stereocenters. The predicted molar refractivity (Wildman–Crippen MR) is 130 cm³/mol. The molecule has 5 rings (SSSR count). The number of H-pyrrole nitrogens is 1. The Morgan fingerprint density at radius 1 is 1.25 bits per heavy atom. The van der Waals surface area contributed by atoms with Gasteiger partial charge in [0, 0.05) is 23.8 Å². The molecular weight excluding hydrogens is 465 g/mol. The van der Waals surface area contributed by atoms with Crippen LogP contribution in [0.3, 0.4) is 0 Å². The Hall–Kier alpha value is -4.33. The summed E-state index contributed by atoms with van der Waals surface area (Å²) in [4.78, 5) is 28.5. The maximum Gasteiger partial charge on any atom is 0.228 e. The number of aromatic amines is 1. The maximum atomic E-state index is 13.9. The van der Waals surface area contributed by atoms with Gasteiger partial charge in [0.05, 0.1) is 43.3 Å². The first-order chi connectivity index (χ1) is 17.6. The number of aliphatic hydroxyl groups excluding tert-OH is 1. The standard InChI is InChI=1S/C26H22FN5O4/c1-28-21-12-31-26-23(24(21)32-15-6-7-17(13-33)35-14-15)18(11-30-26)25(34)20-9-8-16(10-29-20)36-22-5-3-2-4-19(22)27/h2-5,8-12,15,17,33H,6-7,13-14H2,(H2,30,31,32)/t15-,17+/m1/s1. The number of halogens is 1. The lowest BCUT2D eigenvalue weighted by Crippen LogP contribution is -2.36. The van der Waals surface area contributed by atoms with E-state index in [1.807, 2.05) is 0 Å². The van der Waals surface area contributed by atoms with Gasteiger partial charge in [0.2, 0.25) is 11.5 Å². The second-order valence-electron chi connectivity index (χ2n) is 8.35. The van der Waals surface area contributed by atoms with Crippen molar-refractivity contribution < 1.29 is 23.8 Å². The van der Waals surface area contributed by atoms with Gasteiger partial charge in [-0.15, -0.1) is 0 Å². The SMILES string of the molecule is [C-]#[N+]c1cnc2[nH]cc(C(=O)c3ccc(Oc4ccccc4F)cn3)c2c1N[C@@H]1CC[C@@H](CO)OC1. The van der Waals surface area contributed by atoms with E-state index in [1.165, 1.54) is 30.6 Å². The summed E-state index contributed by atoms with van der Waals surface area (Å²) in [6.07, 6.45) is 5.58. The van der Waals surface area contributed by atoms with Gasteiger partial charge in [0.15, 0.2) is 11.6 Å². The fourth-order valence-corrected chi connectivity index (χ4v) is 4.13. The summed E-state index contributed by atoms with van der Waals surface area (Å²) in [5, 5.41) is 13.2. The zero-order valence-electron chi connectivity index (χ0n) is 19.1. The van der Waals surface area contributed by atoms with Crippen molar-refractivity contribution in [3.05, 3.63) is 83.5 Å². The highest BCUT2D eigenvalue weighted by Crippen LogP contribution is 2.36. The van der Waals surface area contributed by atoms with Gasteiger partial charge in [-0.2, -0.15) is 0 Å². The van der Waals surface area contributed by atoms with Crippen LogP contribution in [0.5, 0.6) is 11.5 Å². The minimum absolute atomic E-state index is 0.0346. The molecule has 0 spiro atoms. The van der Waals surface area contributed by atoms with Crippen LogP contribution in [0.4, 0.5) is 15.8 Å². The molecule has 1 saturated heterocycles. The number of ether oxygens (including phenoxy) is 2. The summed E-state index contributed by atoms with van der Waals surface area (Å²) in [6, 6.07) is 8.96. The molecule has 3 aromatic heterocycles. The van der Waals surface area contributed by atoms with E-state index in [2.05, 4.69) is 25.1 Å². The van der Waals surface area contributed by atoms with Crippen LogP contribution in [0.15, 0.2) is 55.0 Å². The fourth-order valence-electron chi connectivity index (χ4n) is 4.13. The lowest BCUT2D eigenvalue weighted by Gasteiger charge is -2.29. The molecule has 10 heteroatoms. The van der Waals surface area contributed by atoms with Gasteiger partial charge in [-0.25, -0.2) is 19.2 Å². The maximum absolute atomic E-state index is 13.9. The minimum atomic E-state index is -0.505. The summed E-state index contributed by atoms with van der Waals surface area (Å²) in [7, 11) is 0. The zero-order valence-corrected chi connectivity index (χ0v) is 19.1. The first-order valence-corrected chi connectivity index (χ1v) is 11.4. The molecule has 9 nitrogen and oxygen atoms in total. The van der Waals surface area contributed by atoms with E-state index in [9.17, 15) is 14.3 Å². The van der Waals surface area contributed by atoms with Gasteiger partial charge in [-0.3, -0.25) is 4.79 Å². The summed E-state index contributed by atoms with van der Waals surface area (Å²) >= 11 is 0. The number of para-hydroxylation sites is 1. The molecular formula is C26H22FN5O4. The number of hydrogen-bond acceptors (Lipinski definition) is 7. The average Bonchev–Trinajstić information content (AvgIpc) is 3.35. The van der Waals surface area contributed by atoms with Gasteiger partial charge in [-0.05, 0) is 37.1 Å². The van der Waals surface area contributed by atoms with E-state index in [4.69, 9.17) is 16.0 Å². The largest absolute Gasteiger partial charge is 0.453 e. The van der Waals surface area contributed by atoms with Gasteiger partial charge in [0.25, 0.3) is 0 Å². The van der Waals surface area contributed by atoms with Crippen molar-refractivity contribution >= 4 is 28.2 Å². The van der Waals surface area contributed by atoms with Crippen LogP contribution in [-0.4, -0.2) is 51.2 Å². The number of anilines is 1. The molecule has 3 N–H and O–H groups in total. The highest BCUT2D eigenvalue weighted by Gasteiger charge is 2.25. The van der Waals surface area contributed by atoms with E-state index >= 15 is 0 Å². The Morgan fingerprint density at radius 2 is 2.11 bits per heavy atom. The van der Waals surface area contributed by atoms with Crippen molar-refractivity contribution in [3.63, 3.8) is 0 Å². The minimum Gasteiger partial charge on any atom is -0.453 e. The van der Waals surface area contributed by atoms with Crippen molar-refractivity contribution in [1.82, 2.24) is 15.0 Å². The predicted octanol–water partition coefficient (Wildman–Crippen LogP) is 4.62. The molecule has 0 saturated carbocycles. The number of pyridine rings is 2. The second-order valence-corrected chi connectivity index (χ2v) is 8.35. The van der Waals surface area contributed by atoms with Crippen molar-refractivity contribution in [2.45, 2.75) is 25.0 Å². The number of rotatable bonds is 7. The number of hydrogen-bond donors (Lipinski definition) is 3. The van der Waals surface area contributed by atoms with E-state index in [0.29, 0.717) is 35.3 Å². The molecule has 4 heterocycles. The Labute approximate surface area is 205 Å². The molecule has 4 aromatic rings. The molecule has 1 fully saturated rings. The molecule has 1 aliphatic rings. The quantitative estimate of drug-likeness (QED) is 0.257. The van der Waals surface area contributed by atoms with Gasteiger partial charge in [0.1, 0.15) is 17.1 Å². The first kappa shape index (κ1) is 23.4. The average molecular weight is 487 g/mol. The highest BCUT2D eigenvalue weighted by atomic mass is 19.1. The van der Waals surface area contributed by atoms with Gasteiger partial charge in [-0.1, -0.05) is 12.1 Å². The summed E-state index contributed by atoms with van der Waals surface area (Å²) in [5.74, 6) is -0.533. The number of carbonyl (C=O) groups excluding carboxylic acids is 1. The third kappa shape index (κ3) is 4.62. The van der Waals surface area contributed by atoms with Crippen LogP contribution >= 0.6 is 0 Å². The highest BCUT2D eigenvalue weighted by molar-refractivity contribution is 6.18. The summed E-state index contributed by atoms with van der Waals surface area (Å²) in [6.45, 7) is 7.93. The molecule has 1 aromatic carbocycles. The summed E-state index contributed by atoms with van der Waals surface area (Å²) < 4.78 is 25.0. The number of nitrogens with zero attached hydrogens (tertiary/aromatic N) is 3. The lowest BCUT2D eigenvalue weighted by atomic mass is 10.0. The van der Waals surface area contributed by atoms with Crippen molar-refractivity contribution in [2.24, 2.45) is 0 Å². The van der Waals surface area contributed by atoms with Crippen LogP contribution in [0.1, 0.15) is 28.9 Å². The second kappa shape index (κ2) is 10.1. The Morgan fingerprint density at radius 3 is 2.81 bits per heavy atom. The van der Waals surface area contributed by atoms with Crippen LogP contribution < -0.4 is 10.1 Å². The number of benzene rings is 1. The molecule has 0 unspecified atom stereocenters. The number of aromatic nitrogens is 3. The van der Waals surface area contributed by atoms with Gasteiger partial charge >= 0.3 is 0 Å². The summed E-state index contributed by atoms with van der Waals surface area (Å²) in [5.41, 5.74) is 1.70. The third-order valence-electron chi connectivity index (χ3n) is 6.00. The first-order valence-electron chi connectivity index (χ1n) is 11.4. The molecule has 1 aliphatic heterocycles. The fraction of sp³-hybridized carbons (Fsp3) is 0.231. The van der Waals surface area contributed by atoms with Crippen LogP contribution in [0.2, 0.25) is 0 Å². The normalized spacial score (nSPS) is 17.5. The third-order valence-corrected chi connectivity index (χ3v) is 6.00. The molecule has 0 aliphatic carbocycles. The number of fused-ring (bicyclic) bond motifs is 1. The van der Waals surface area contributed by atoms with Crippen molar-refractivity contribution in [3.8, 4) is 11.5 Å². The topological polar surface area (TPSA) is 114 Å². The Balaban J connectivity index is 1.43. The zero-order chi connectivity index (χ0) is 25.1. The molecule has 0 radical (unpaired) electrons.